The second-order valence-electron chi connectivity index (χ2n) is 8.66. The number of hydrazone groups is 1. The minimum absolute atomic E-state index is 0.160. The number of hydrogen-bond donors (Lipinski definition) is 1. The minimum atomic E-state index is -0.742. The Balaban J connectivity index is 1.57. The number of amidine groups is 1. The first kappa shape index (κ1) is 27.9. The average Bonchev–Trinajstić information content (AvgIpc) is 3.26. The van der Waals surface area contributed by atoms with Gasteiger partial charge in [-0.1, -0.05) is 25.5 Å². The van der Waals surface area contributed by atoms with Crippen molar-refractivity contribution >= 4 is 45.5 Å². The van der Waals surface area contributed by atoms with Gasteiger partial charge < -0.3 is 14.2 Å². The third-order valence-corrected chi connectivity index (χ3v) is 6.98. The van der Waals surface area contributed by atoms with E-state index in [1.807, 2.05) is 6.92 Å². The largest absolute Gasteiger partial charge is 0.497 e. The van der Waals surface area contributed by atoms with Gasteiger partial charge in [0.2, 0.25) is 0 Å². The predicted molar refractivity (Wildman–Crippen MR) is 150 cm³/mol. The van der Waals surface area contributed by atoms with Crippen LogP contribution in [0.5, 0.6) is 5.75 Å². The SMILES string of the molecule is CCCCOC(=O)c1ccc(N/N=C2\SC3=NC(C)=C(C(=O)OCC)[C@H](c4ccc(OC)cc4)N3C2=O)cc1. The van der Waals surface area contributed by atoms with Gasteiger partial charge in [-0.15, -0.1) is 0 Å². The maximum absolute atomic E-state index is 13.6. The summed E-state index contributed by atoms with van der Waals surface area (Å²) >= 11 is 1.11. The molecule has 0 aromatic heterocycles. The number of fused-ring (bicyclic) bond motifs is 1. The molecule has 2 aliphatic rings. The fourth-order valence-electron chi connectivity index (χ4n) is 4.03. The number of nitrogens with one attached hydrogen (secondary N) is 1. The van der Waals surface area contributed by atoms with Crippen LogP contribution >= 0.6 is 11.8 Å². The van der Waals surface area contributed by atoms with Crippen molar-refractivity contribution in [1.29, 1.82) is 0 Å². The van der Waals surface area contributed by atoms with Crippen LogP contribution in [0.2, 0.25) is 0 Å². The van der Waals surface area contributed by atoms with Crippen molar-refractivity contribution in [1.82, 2.24) is 4.90 Å². The maximum Gasteiger partial charge on any atom is 0.338 e. The normalized spacial score (nSPS) is 17.6. The van der Waals surface area contributed by atoms with Crippen LogP contribution in [0.1, 0.15) is 55.6 Å². The first-order valence-electron chi connectivity index (χ1n) is 12.6. The molecule has 1 amide bonds. The van der Waals surface area contributed by atoms with E-state index in [0.717, 1.165) is 24.6 Å². The Morgan fingerprint density at radius 3 is 2.41 bits per heavy atom. The number of amides is 1. The van der Waals surface area contributed by atoms with E-state index in [1.165, 1.54) is 4.90 Å². The molecule has 2 aromatic rings. The van der Waals surface area contributed by atoms with E-state index in [-0.39, 0.29) is 23.2 Å². The maximum atomic E-state index is 13.6. The second kappa shape index (κ2) is 12.6. The second-order valence-corrected chi connectivity index (χ2v) is 9.62. The van der Waals surface area contributed by atoms with Gasteiger partial charge in [0.05, 0.1) is 48.9 Å². The Kier molecular flexibility index (Phi) is 9.03. The summed E-state index contributed by atoms with van der Waals surface area (Å²) in [4.78, 5) is 44.6. The number of hydrogen-bond acceptors (Lipinski definition) is 10. The molecule has 1 atom stereocenters. The molecule has 0 bridgehead atoms. The van der Waals surface area contributed by atoms with Gasteiger partial charge in [0, 0.05) is 0 Å². The summed E-state index contributed by atoms with van der Waals surface area (Å²) in [7, 11) is 1.57. The fraction of sp³-hybridized carbons (Fsp3) is 0.321. The highest BCUT2D eigenvalue weighted by atomic mass is 32.2. The Bertz CT molecular complexity index is 1330. The van der Waals surface area contributed by atoms with E-state index in [4.69, 9.17) is 14.2 Å². The lowest BCUT2D eigenvalue weighted by Crippen LogP contribution is -2.40. The molecule has 1 saturated heterocycles. The highest BCUT2D eigenvalue weighted by Gasteiger charge is 2.46. The molecule has 39 heavy (non-hydrogen) atoms. The van der Waals surface area contributed by atoms with Crippen molar-refractivity contribution in [3.05, 3.63) is 70.9 Å². The molecule has 2 heterocycles. The molecule has 11 heteroatoms. The molecule has 0 spiro atoms. The van der Waals surface area contributed by atoms with Crippen molar-refractivity contribution in [2.24, 2.45) is 10.1 Å². The topological polar surface area (TPSA) is 119 Å². The molecular formula is C28H30N4O6S. The summed E-state index contributed by atoms with van der Waals surface area (Å²) in [6.45, 7) is 6.05. The van der Waals surface area contributed by atoms with Gasteiger partial charge in [-0.3, -0.25) is 15.1 Å². The number of ether oxygens (including phenoxy) is 3. The molecule has 204 valence electrons. The van der Waals surface area contributed by atoms with E-state index >= 15 is 0 Å². The van der Waals surface area contributed by atoms with Crippen LogP contribution in [0.3, 0.4) is 0 Å². The third kappa shape index (κ3) is 6.14. The van der Waals surface area contributed by atoms with Crippen molar-refractivity contribution in [3.63, 3.8) is 0 Å². The minimum Gasteiger partial charge on any atom is -0.497 e. The molecule has 0 unspecified atom stereocenters. The summed E-state index contributed by atoms with van der Waals surface area (Å²) in [5, 5.41) is 4.88. The Hall–Kier alpha value is -4.12. The van der Waals surface area contributed by atoms with E-state index in [1.54, 1.807) is 69.5 Å². The van der Waals surface area contributed by atoms with Gasteiger partial charge >= 0.3 is 11.9 Å². The molecule has 1 N–H and O–H groups in total. The predicted octanol–water partition coefficient (Wildman–Crippen LogP) is 4.90. The van der Waals surface area contributed by atoms with Gasteiger partial charge in [-0.25, -0.2) is 14.6 Å². The fourth-order valence-corrected chi connectivity index (χ4v) is 4.95. The number of allylic oxidation sites excluding steroid dienone is 1. The third-order valence-electron chi connectivity index (χ3n) is 6.05. The van der Waals surface area contributed by atoms with Crippen LogP contribution in [-0.4, -0.2) is 53.3 Å². The first-order chi connectivity index (χ1) is 18.9. The lowest BCUT2D eigenvalue weighted by Gasteiger charge is -2.32. The number of nitrogens with zero attached hydrogens (tertiary/aromatic N) is 3. The number of unbranched alkanes of at least 4 members (excludes halogenated alkanes) is 1. The number of rotatable bonds is 10. The van der Waals surface area contributed by atoms with E-state index < -0.39 is 17.9 Å². The molecule has 0 radical (unpaired) electrons. The number of benzene rings is 2. The van der Waals surface area contributed by atoms with Gasteiger partial charge in [0.1, 0.15) is 5.75 Å². The smallest absolute Gasteiger partial charge is 0.338 e. The standard InChI is InChI=1S/C28H30N4O6S/c1-5-7-16-38-26(34)19-8-12-20(13-9-19)30-31-24-25(33)32-23(18-10-14-21(36-4)15-11-18)22(27(35)37-6-2)17(3)29-28(32)39-24/h8-15,23,30H,5-7,16H2,1-4H3/b31-24-/t23-/m0/s1. The van der Waals surface area contributed by atoms with Gasteiger partial charge in [-0.2, -0.15) is 5.10 Å². The molecule has 1 fully saturated rings. The lowest BCUT2D eigenvalue weighted by atomic mass is 9.94. The molecule has 2 aromatic carbocycles. The number of thioether (sulfide) groups is 1. The monoisotopic (exact) mass is 550 g/mol. The zero-order valence-electron chi connectivity index (χ0n) is 22.2. The highest BCUT2D eigenvalue weighted by Crippen LogP contribution is 2.42. The molecule has 0 saturated carbocycles. The van der Waals surface area contributed by atoms with Crippen molar-refractivity contribution in [3.8, 4) is 5.75 Å². The van der Waals surface area contributed by atoms with Gasteiger partial charge in [0.25, 0.3) is 5.91 Å². The summed E-state index contributed by atoms with van der Waals surface area (Å²) < 4.78 is 15.8. The highest BCUT2D eigenvalue weighted by molar-refractivity contribution is 8.29. The first-order valence-corrected chi connectivity index (χ1v) is 13.4. The van der Waals surface area contributed by atoms with Crippen molar-refractivity contribution < 1.29 is 28.6 Å². The van der Waals surface area contributed by atoms with Crippen LogP contribution in [0.4, 0.5) is 5.69 Å². The van der Waals surface area contributed by atoms with Gasteiger partial charge in [-0.05, 0) is 74.0 Å². The van der Waals surface area contributed by atoms with Crippen LogP contribution in [-0.2, 0) is 19.1 Å². The number of anilines is 1. The summed E-state index contributed by atoms with van der Waals surface area (Å²) in [5.74, 6) is -0.677. The zero-order valence-corrected chi connectivity index (χ0v) is 23.0. The Morgan fingerprint density at radius 2 is 1.77 bits per heavy atom. The number of methoxy groups -OCH3 is 1. The van der Waals surface area contributed by atoms with E-state index in [0.29, 0.717) is 40.0 Å². The Morgan fingerprint density at radius 1 is 1.05 bits per heavy atom. The molecule has 10 nitrogen and oxygen atoms in total. The number of esters is 2. The molecule has 0 aliphatic carbocycles. The van der Waals surface area contributed by atoms with Crippen LogP contribution in [0.15, 0.2) is 69.9 Å². The van der Waals surface area contributed by atoms with Crippen LogP contribution in [0.25, 0.3) is 0 Å². The van der Waals surface area contributed by atoms with Crippen molar-refractivity contribution in [2.75, 3.05) is 25.7 Å². The van der Waals surface area contributed by atoms with Crippen molar-refractivity contribution in [2.45, 2.75) is 39.7 Å². The number of carbonyl (C=O) groups is 3. The summed E-state index contributed by atoms with van der Waals surface area (Å²) in [6, 6.07) is 13.0. The molecular weight excluding hydrogens is 520 g/mol. The molecule has 4 rings (SSSR count). The number of aliphatic imine (C=N–C) groups is 1. The van der Waals surface area contributed by atoms with Crippen LogP contribution in [0, 0.1) is 0 Å². The lowest BCUT2D eigenvalue weighted by molar-refractivity contribution is -0.139. The van der Waals surface area contributed by atoms with E-state index in [2.05, 4.69) is 15.5 Å². The average molecular weight is 551 g/mol. The zero-order chi connectivity index (χ0) is 27.9. The summed E-state index contributed by atoms with van der Waals surface area (Å²) in [5.41, 5.74) is 5.34. The quantitative estimate of drug-likeness (QED) is 0.252. The summed E-state index contributed by atoms with van der Waals surface area (Å²) in [6.07, 6.45) is 1.75. The van der Waals surface area contributed by atoms with E-state index in [9.17, 15) is 14.4 Å². The van der Waals surface area contributed by atoms with Crippen LogP contribution < -0.4 is 10.2 Å². The molecule has 2 aliphatic heterocycles. The van der Waals surface area contributed by atoms with Gasteiger partial charge in [0.15, 0.2) is 10.2 Å². The Labute approximate surface area is 231 Å². The number of carbonyl (C=O) groups excluding carboxylic acids is 3.